The lowest BCUT2D eigenvalue weighted by atomic mass is 10.1. The minimum Gasteiger partial charge on any atom is -0.450 e. The predicted octanol–water partition coefficient (Wildman–Crippen LogP) is 2.17. The largest absolute Gasteiger partial charge is 0.450 e. The number of carbonyl (C=O) groups is 1. The molecule has 0 saturated heterocycles. The van der Waals surface area contributed by atoms with Crippen molar-refractivity contribution in [1.82, 2.24) is 4.98 Å². The second-order valence-electron chi connectivity index (χ2n) is 5.34. The smallest absolute Gasteiger partial charge is 0.412 e. The van der Waals surface area contributed by atoms with E-state index in [1.807, 2.05) is 6.92 Å². The van der Waals surface area contributed by atoms with Crippen LogP contribution in [0, 0.1) is 0 Å². The summed E-state index contributed by atoms with van der Waals surface area (Å²) in [4.78, 5) is 15.5. The number of aliphatic hydroxyl groups is 1. The highest BCUT2D eigenvalue weighted by molar-refractivity contribution is 5.87. The van der Waals surface area contributed by atoms with E-state index in [0.717, 1.165) is 12.8 Å². The maximum atomic E-state index is 11.5. The summed E-state index contributed by atoms with van der Waals surface area (Å²) in [7, 11) is 0. The number of rotatable bonds is 8. The van der Waals surface area contributed by atoms with Crippen LogP contribution in [0.5, 0.6) is 0 Å². The van der Waals surface area contributed by atoms with E-state index >= 15 is 0 Å². The number of ether oxygens (including phenoxy) is 1. The number of hydrogen-bond acceptors (Lipinski definition) is 7. The van der Waals surface area contributed by atoms with Crippen molar-refractivity contribution >= 4 is 29.1 Å². The Morgan fingerprint density at radius 2 is 2.13 bits per heavy atom. The summed E-state index contributed by atoms with van der Waals surface area (Å²) in [6.45, 7) is 5.88. The van der Waals surface area contributed by atoms with Crippen LogP contribution in [0.3, 0.4) is 0 Å². The SMILES string of the molecule is CCCCC(O)C(C)Nc1cc(NC(=O)OCC)nc(N)c1N. The molecule has 1 aromatic rings. The third-order valence-electron chi connectivity index (χ3n) is 3.41. The quantitative estimate of drug-likeness (QED) is 0.494. The number of unbranched alkanes of at least 4 members (excludes halogenated alkanes) is 1. The number of hydrogen-bond donors (Lipinski definition) is 5. The standard InChI is InChI=1S/C15H27N5O3/c1-4-6-7-11(21)9(3)18-10-8-12(19-14(17)13(10)16)20-15(22)23-5-2/h8-9,11,21H,4-7,16H2,1-3H3,(H4,17,18,19,20,22). The van der Waals surface area contributed by atoms with Gasteiger partial charge in [-0.3, -0.25) is 5.32 Å². The summed E-state index contributed by atoms with van der Waals surface area (Å²) in [5.41, 5.74) is 12.5. The van der Waals surface area contributed by atoms with Gasteiger partial charge in [0.2, 0.25) is 0 Å². The Morgan fingerprint density at radius 1 is 1.43 bits per heavy atom. The number of carbonyl (C=O) groups excluding carboxylic acids is 1. The number of nitrogens with one attached hydrogen (secondary N) is 2. The molecule has 7 N–H and O–H groups in total. The third kappa shape index (κ3) is 5.82. The molecule has 23 heavy (non-hydrogen) atoms. The van der Waals surface area contributed by atoms with Gasteiger partial charge in [-0.25, -0.2) is 9.78 Å². The van der Waals surface area contributed by atoms with Gasteiger partial charge >= 0.3 is 6.09 Å². The zero-order valence-corrected chi connectivity index (χ0v) is 13.9. The summed E-state index contributed by atoms with van der Waals surface area (Å²) in [5.74, 6) is 0.324. The first-order valence-corrected chi connectivity index (χ1v) is 7.83. The van der Waals surface area contributed by atoms with Crippen LogP contribution in [-0.4, -0.2) is 34.9 Å². The van der Waals surface area contributed by atoms with Gasteiger partial charge in [0.25, 0.3) is 0 Å². The minimum absolute atomic E-state index is 0.0945. The van der Waals surface area contributed by atoms with Crippen molar-refractivity contribution in [2.24, 2.45) is 0 Å². The summed E-state index contributed by atoms with van der Waals surface area (Å²) in [6.07, 6.45) is 1.52. The Bertz CT molecular complexity index is 524. The molecule has 1 rings (SSSR count). The van der Waals surface area contributed by atoms with Crippen molar-refractivity contribution in [3.8, 4) is 0 Å². The molecule has 0 fully saturated rings. The summed E-state index contributed by atoms with van der Waals surface area (Å²) in [5, 5.41) is 15.7. The molecule has 0 aromatic carbocycles. The number of amides is 1. The van der Waals surface area contributed by atoms with Crippen LogP contribution in [-0.2, 0) is 4.74 Å². The van der Waals surface area contributed by atoms with Gasteiger partial charge in [0, 0.05) is 12.1 Å². The Kier molecular flexibility index (Phi) is 7.40. The van der Waals surface area contributed by atoms with Gasteiger partial charge in [-0.2, -0.15) is 0 Å². The van der Waals surface area contributed by atoms with E-state index in [1.165, 1.54) is 0 Å². The van der Waals surface area contributed by atoms with Crippen molar-refractivity contribution in [3.63, 3.8) is 0 Å². The molecule has 0 bridgehead atoms. The average molecular weight is 325 g/mol. The zero-order valence-electron chi connectivity index (χ0n) is 13.9. The number of nitrogens with zero attached hydrogens (tertiary/aromatic N) is 1. The van der Waals surface area contributed by atoms with Crippen LogP contribution < -0.4 is 22.1 Å². The van der Waals surface area contributed by atoms with Crippen molar-refractivity contribution < 1.29 is 14.6 Å². The summed E-state index contributed by atoms with van der Waals surface area (Å²) >= 11 is 0. The average Bonchev–Trinajstić information content (AvgIpc) is 2.49. The van der Waals surface area contributed by atoms with E-state index in [1.54, 1.807) is 13.0 Å². The summed E-state index contributed by atoms with van der Waals surface area (Å²) in [6, 6.07) is 1.34. The molecule has 1 heterocycles. The Labute approximate surface area is 136 Å². The molecule has 8 heteroatoms. The molecule has 0 aliphatic rings. The van der Waals surface area contributed by atoms with Crippen molar-refractivity contribution in [2.45, 2.75) is 52.2 Å². The normalized spacial score (nSPS) is 13.2. The van der Waals surface area contributed by atoms with E-state index < -0.39 is 12.2 Å². The van der Waals surface area contributed by atoms with Crippen molar-refractivity contribution in [2.75, 3.05) is 28.7 Å². The Balaban J connectivity index is 2.84. The molecule has 130 valence electrons. The molecule has 0 aliphatic heterocycles. The van der Waals surface area contributed by atoms with E-state index in [-0.39, 0.29) is 30.0 Å². The Hall–Kier alpha value is -2.22. The van der Waals surface area contributed by atoms with E-state index in [2.05, 4.69) is 22.5 Å². The monoisotopic (exact) mass is 325 g/mol. The number of pyridine rings is 1. The molecule has 2 atom stereocenters. The molecular weight excluding hydrogens is 298 g/mol. The fraction of sp³-hybridized carbons (Fsp3) is 0.600. The number of nitrogens with two attached hydrogens (primary N) is 2. The van der Waals surface area contributed by atoms with Gasteiger partial charge in [-0.1, -0.05) is 19.8 Å². The van der Waals surface area contributed by atoms with E-state index in [0.29, 0.717) is 12.1 Å². The highest BCUT2D eigenvalue weighted by Gasteiger charge is 2.17. The van der Waals surface area contributed by atoms with E-state index in [9.17, 15) is 9.90 Å². The molecule has 2 unspecified atom stereocenters. The second-order valence-corrected chi connectivity index (χ2v) is 5.34. The van der Waals surface area contributed by atoms with Crippen LogP contribution in [0.15, 0.2) is 6.07 Å². The van der Waals surface area contributed by atoms with Crippen molar-refractivity contribution in [3.05, 3.63) is 6.07 Å². The van der Waals surface area contributed by atoms with Crippen LogP contribution >= 0.6 is 0 Å². The maximum Gasteiger partial charge on any atom is 0.412 e. The van der Waals surface area contributed by atoms with Crippen LogP contribution in [0.4, 0.5) is 27.8 Å². The van der Waals surface area contributed by atoms with Crippen LogP contribution in [0.2, 0.25) is 0 Å². The first-order chi connectivity index (χ1) is 10.9. The number of nitrogen functional groups attached to an aromatic ring is 2. The van der Waals surface area contributed by atoms with Gasteiger partial charge in [-0.05, 0) is 20.3 Å². The van der Waals surface area contributed by atoms with Gasteiger partial charge < -0.3 is 26.6 Å². The molecule has 0 radical (unpaired) electrons. The van der Waals surface area contributed by atoms with Crippen LogP contribution in [0.1, 0.15) is 40.0 Å². The molecular formula is C15H27N5O3. The highest BCUT2D eigenvalue weighted by atomic mass is 16.5. The maximum absolute atomic E-state index is 11.5. The molecule has 0 spiro atoms. The van der Waals surface area contributed by atoms with Crippen LogP contribution in [0.25, 0.3) is 0 Å². The van der Waals surface area contributed by atoms with E-state index in [4.69, 9.17) is 16.2 Å². The predicted molar refractivity (Wildman–Crippen MR) is 92.3 cm³/mol. The van der Waals surface area contributed by atoms with Gasteiger partial charge in [-0.15, -0.1) is 0 Å². The molecule has 0 aliphatic carbocycles. The first-order valence-electron chi connectivity index (χ1n) is 7.83. The van der Waals surface area contributed by atoms with Crippen molar-refractivity contribution in [1.29, 1.82) is 0 Å². The summed E-state index contributed by atoms with van der Waals surface area (Å²) < 4.78 is 4.80. The lowest BCUT2D eigenvalue weighted by Gasteiger charge is -2.23. The lowest BCUT2D eigenvalue weighted by Crippen LogP contribution is -2.31. The van der Waals surface area contributed by atoms with Gasteiger partial charge in [0.15, 0.2) is 5.82 Å². The topological polar surface area (TPSA) is 136 Å². The molecule has 0 saturated carbocycles. The Morgan fingerprint density at radius 3 is 2.74 bits per heavy atom. The second kappa shape index (κ2) is 9.04. The van der Waals surface area contributed by atoms with Gasteiger partial charge in [0.1, 0.15) is 5.82 Å². The minimum atomic E-state index is -0.619. The zero-order chi connectivity index (χ0) is 17.4. The molecule has 8 nitrogen and oxygen atoms in total. The number of aliphatic hydroxyl groups excluding tert-OH is 1. The van der Waals surface area contributed by atoms with Gasteiger partial charge in [0.05, 0.1) is 24.1 Å². The molecule has 1 amide bonds. The highest BCUT2D eigenvalue weighted by Crippen LogP contribution is 2.28. The fourth-order valence-electron chi connectivity index (χ4n) is 2.03. The molecule has 1 aromatic heterocycles. The number of anilines is 4. The first kappa shape index (κ1) is 18.8. The number of aromatic nitrogens is 1. The third-order valence-corrected chi connectivity index (χ3v) is 3.41. The lowest BCUT2D eigenvalue weighted by molar-refractivity contribution is 0.145. The fourth-order valence-corrected chi connectivity index (χ4v) is 2.03.